The van der Waals surface area contributed by atoms with E-state index in [4.69, 9.17) is 9.97 Å². The molecule has 0 N–H and O–H groups in total. The third-order valence-electron chi connectivity index (χ3n) is 11.7. The van der Waals surface area contributed by atoms with E-state index < -0.39 is 0 Å². The van der Waals surface area contributed by atoms with Crippen LogP contribution in [0.25, 0.3) is 116 Å². The van der Waals surface area contributed by atoms with Crippen LogP contribution < -0.4 is 0 Å². The van der Waals surface area contributed by atoms with E-state index in [1.807, 2.05) is 12.1 Å². The molecule has 13 rings (SSSR count). The summed E-state index contributed by atoms with van der Waals surface area (Å²) in [6.45, 7) is 0. The Bertz CT molecular complexity index is 3720. The highest BCUT2D eigenvalue weighted by Gasteiger charge is 2.23. The average molecular weight is 700 g/mol. The van der Waals surface area contributed by atoms with Gasteiger partial charge < -0.3 is 9.13 Å². The fourth-order valence-corrected chi connectivity index (χ4v) is 9.38. The lowest BCUT2D eigenvalue weighted by molar-refractivity contribution is 1.18. The zero-order valence-corrected chi connectivity index (χ0v) is 29.5. The van der Waals surface area contributed by atoms with Gasteiger partial charge in [0.25, 0.3) is 0 Å². The highest BCUT2D eigenvalue weighted by molar-refractivity contribution is 6.23. The molecule has 0 atom stereocenters. The third-order valence-corrected chi connectivity index (χ3v) is 11.7. The Labute approximate surface area is 313 Å². The van der Waals surface area contributed by atoms with E-state index in [0.717, 1.165) is 44.5 Å². The van der Waals surface area contributed by atoms with Crippen LogP contribution in [0.2, 0.25) is 0 Å². The quantitative estimate of drug-likeness (QED) is 0.184. The van der Waals surface area contributed by atoms with Crippen molar-refractivity contribution >= 4 is 93.0 Å². The molecule has 0 unspecified atom stereocenters. The smallest absolute Gasteiger partial charge is 0.165 e. The summed E-state index contributed by atoms with van der Waals surface area (Å²) >= 11 is 0. The maximum absolute atomic E-state index is 5.25. The molecule has 254 valence electrons. The number of benzene rings is 8. The molecule has 0 radical (unpaired) electrons. The van der Waals surface area contributed by atoms with Crippen LogP contribution in [0.1, 0.15) is 0 Å². The lowest BCUT2D eigenvalue weighted by atomic mass is 10.0. The lowest BCUT2D eigenvalue weighted by Crippen LogP contribution is -1.94. The minimum atomic E-state index is 0.894. The van der Waals surface area contributed by atoms with Crippen LogP contribution in [0.5, 0.6) is 0 Å². The van der Waals surface area contributed by atoms with Crippen LogP contribution in [-0.4, -0.2) is 23.5 Å². The summed E-state index contributed by atoms with van der Waals surface area (Å²) < 4.78 is 7.13. The van der Waals surface area contributed by atoms with Crippen molar-refractivity contribution in [1.29, 1.82) is 0 Å². The molecule has 0 amide bonds. The fourth-order valence-electron chi connectivity index (χ4n) is 9.38. The second kappa shape index (κ2) is 10.6. The van der Waals surface area contributed by atoms with E-state index in [1.165, 1.54) is 71.0 Å². The highest BCUT2D eigenvalue weighted by Crippen LogP contribution is 2.43. The maximum Gasteiger partial charge on any atom is 0.165 e. The van der Waals surface area contributed by atoms with Crippen LogP contribution >= 0.6 is 0 Å². The molecular weight excluding hydrogens is 671 g/mol. The Kier molecular flexibility index (Phi) is 5.57. The Morgan fingerprint density at radius 2 is 0.873 bits per heavy atom. The van der Waals surface area contributed by atoms with E-state index in [1.54, 1.807) is 0 Å². The first-order valence-corrected chi connectivity index (χ1v) is 18.8. The summed E-state index contributed by atoms with van der Waals surface area (Å²) in [5.74, 6) is 0. The minimum absolute atomic E-state index is 0.894. The van der Waals surface area contributed by atoms with Crippen molar-refractivity contribution < 1.29 is 0 Å². The second-order valence-corrected chi connectivity index (χ2v) is 14.6. The van der Waals surface area contributed by atoms with Gasteiger partial charge in [-0.15, -0.1) is 0 Å². The number of hydrogen-bond acceptors (Lipinski definition) is 2. The predicted molar refractivity (Wildman–Crippen MR) is 228 cm³/mol. The summed E-state index contributed by atoms with van der Waals surface area (Å²) in [6.07, 6.45) is 0. The number of hydrogen-bond donors (Lipinski definition) is 0. The van der Waals surface area contributed by atoms with Gasteiger partial charge in [-0.2, -0.15) is 0 Å². The molecule has 0 aliphatic rings. The van der Waals surface area contributed by atoms with Crippen molar-refractivity contribution in [2.45, 2.75) is 0 Å². The van der Waals surface area contributed by atoms with Gasteiger partial charge >= 0.3 is 0 Å². The van der Waals surface area contributed by atoms with Crippen LogP contribution in [0, 0.1) is 0 Å². The molecule has 5 heteroatoms. The summed E-state index contributed by atoms with van der Waals surface area (Å²) in [5, 5.41) is 8.48. The molecule has 0 saturated carbocycles. The van der Waals surface area contributed by atoms with Gasteiger partial charge in [0.15, 0.2) is 5.65 Å². The van der Waals surface area contributed by atoms with Gasteiger partial charge in [0.2, 0.25) is 0 Å². The van der Waals surface area contributed by atoms with E-state index >= 15 is 0 Å². The summed E-state index contributed by atoms with van der Waals surface area (Å²) in [5.41, 5.74) is 15.3. The Morgan fingerprint density at radius 3 is 1.65 bits per heavy atom. The molecule has 8 aromatic carbocycles. The van der Waals surface area contributed by atoms with Crippen LogP contribution in [0.4, 0.5) is 0 Å². The monoisotopic (exact) mass is 699 g/mol. The van der Waals surface area contributed by atoms with Gasteiger partial charge in [-0.25, -0.2) is 9.97 Å². The van der Waals surface area contributed by atoms with Crippen LogP contribution in [-0.2, 0) is 0 Å². The number of fused-ring (bicyclic) bond motifs is 13. The van der Waals surface area contributed by atoms with Crippen LogP contribution in [0.15, 0.2) is 176 Å². The first kappa shape index (κ1) is 29.0. The first-order valence-electron chi connectivity index (χ1n) is 18.8. The van der Waals surface area contributed by atoms with Crippen molar-refractivity contribution in [3.05, 3.63) is 176 Å². The summed E-state index contributed by atoms with van der Waals surface area (Å²) in [6, 6.07) is 63.6. The topological polar surface area (TPSA) is 40.0 Å². The molecule has 5 heterocycles. The van der Waals surface area contributed by atoms with E-state index in [9.17, 15) is 0 Å². The molecule has 5 aromatic heterocycles. The molecule has 0 saturated heterocycles. The van der Waals surface area contributed by atoms with Gasteiger partial charge in [0, 0.05) is 49.1 Å². The molecule has 55 heavy (non-hydrogen) atoms. The molecule has 0 fully saturated rings. The van der Waals surface area contributed by atoms with E-state index in [0.29, 0.717) is 0 Å². The predicted octanol–water partition coefficient (Wildman–Crippen LogP) is 12.6. The maximum atomic E-state index is 5.25. The summed E-state index contributed by atoms with van der Waals surface area (Å²) in [4.78, 5) is 10.5. The molecule has 0 bridgehead atoms. The normalized spacial score (nSPS) is 12.4. The largest absolute Gasteiger partial charge is 0.309 e. The number of rotatable bonds is 3. The van der Waals surface area contributed by atoms with Crippen molar-refractivity contribution in [2.24, 2.45) is 0 Å². The van der Waals surface area contributed by atoms with Gasteiger partial charge in [0.1, 0.15) is 5.52 Å². The van der Waals surface area contributed by atoms with Crippen molar-refractivity contribution in [3.8, 4) is 22.5 Å². The van der Waals surface area contributed by atoms with Gasteiger partial charge in [0.05, 0.1) is 44.1 Å². The molecular formula is C50H29N5. The molecule has 5 nitrogen and oxygen atoms in total. The van der Waals surface area contributed by atoms with Gasteiger partial charge in [-0.05, 0) is 83.9 Å². The molecule has 13 aromatic rings. The van der Waals surface area contributed by atoms with Crippen LogP contribution in [0.3, 0.4) is 0 Å². The SMILES string of the molecule is c1ccc(-n2c3ccccc3c3cc(-c4ccc5c6ccccc6n(-c6cc7c8ccccc8n8c9nc%10ccccc%10nc9c(c6)c78)c5c4)ccc32)cc1. The van der Waals surface area contributed by atoms with Gasteiger partial charge in [-0.1, -0.05) is 103 Å². The Hall–Kier alpha value is -7.50. The highest BCUT2D eigenvalue weighted by atomic mass is 15.0. The number of nitrogens with zero attached hydrogens (tertiary/aromatic N) is 5. The van der Waals surface area contributed by atoms with E-state index in [2.05, 4.69) is 177 Å². The average Bonchev–Trinajstić information content (AvgIpc) is 3.96. The fraction of sp³-hybridized carbons (Fsp3) is 0. The third kappa shape index (κ3) is 3.86. The Morgan fingerprint density at radius 1 is 0.327 bits per heavy atom. The lowest BCUT2D eigenvalue weighted by Gasteiger charge is -2.11. The standard InChI is InChI=1S/C50H29N5/c1-2-12-32(13-3-1)53-44-20-10-5-15-35(44)38-26-30(23-25-46(38)53)31-22-24-37-34-14-4-9-19-43(34)54(47(37)27-31)33-28-39-36-16-6-11-21-45(36)55-49(39)40(29-33)48-50(55)52-42-18-8-7-17-41(42)51-48/h1-29H. The summed E-state index contributed by atoms with van der Waals surface area (Å²) in [7, 11) is 0. The van der Waals surface area contributed by atoms with Gasteiger partial charge in [-0.3, -0.25) is 4.40 Å². The zero-order chi connectivity index (χ0) is 35.8. The Balaban J connectivity index is 1.09. The minimum Gasteiger partial charge on any atom is -0.309 e. The molecule has 0 aliphatic heterocycles. The number of para-hydroxylation sites is 6. The van der Waals surface area contributed by atoms with Crippen molar-refractivity contribution in [1.82, 2.24) is 23.5 Å². The second-order valence-electron chi connectivity index (χ2n) is 14.6. The van der Waals surface area contributed by atoms with Crippen molar-refractivity contribution in [2.75, 3.05) is 0 Å². The molecule has 0 aliphatic carbocycles. The first-order chi connectivity index (χ1) is 27.3. The van der Waals surface area contributed by atoms with E-state index in [-0.39, 0.29) is 0 Å². The van der Waals surface area contributed by atoms with Crippen molar-refractivity contribution in [3.63, 3.8) is 0 Å². The molecule has 0 spiro atoms. The number of aromatic nitrogens is 5. The zero-order valence-electron chi connectivity index (χ0n) is 29.5.